The van der Waals surface area contributed by atoms with Crippen molar-refractivity contribution in [3.8, 4) is 0 Å². The van der Waals surface area contributed by atoms with Crippen molar-refractivity contribution in [2.45, 2.75) is 12.5 Å². The van der Waals surface area contributed by atoms with Crippen molar-refractivity contribution in [3.05, 3.63) is 57.2 Å². The lowest BCUT2D eigenvalue weighted by Crippen LogP contribution is -2.21. The molecule has 3 heteroatoms. The van der Waals surface area contributed by atoms with E-state index in [0.717, 1.165) is 10.4 Å². The number of aliphatic hydroxyl groups is 1. The number of halogens is 1. The second-order valence-electron chi connectivity index (χ2n) is 3.53. The number of thiophene rings is 1. The zero-order chi connectivity index (χ0) is 10.9. The molecule has 1 unspecified atom stereocenters. The maximum absolute atomic E-state index is 10.5. The quantitative estimate of drug-likeness (QED) is 0.847. The Morgan fingerprint density at radius 3 is 2.53 bits per heavy atom. The third kappa shape index (κ3) is 1.93. The molecule has 78 valence electrons. The largest absolute Gasteiger partial charge is 0.380 e. The molecule has 0 amide bonds. The zero-order valence-electron chi connectivity index (χ0n) is 8.27. The first-order chi connectivity index (χ1) is 7.12. The molecule has 0 saturated heterocycles. The number of hydrogen-bond acceptors (Lipinski definition) is 2. The third-order valence-electron chi connectivity index (χ3n) is 2.40. The van der Waals surface area contributed by atoms with Crippen molar-refractivity contribution in [3.63, 3.8) is 0 Å². The molecule has 1 aromatic carbocycles. The average molecular weight is 239 g/mol. The monoisotopic (exact) mass is 238 g/mol. The van der Waals surface area contributed by atoms with Crippen molar-refractivity contribution < 1.29 is 5.11 Å². The molecule has 2 rings (SSSR count). The van der Waals surface area contributed by atoms with Crippen LogP contribution < -0.4 is 0 Å². The highest BCUT2D eigenvalue weighted by molar-refractivity contribution is 7.10. The number of benzene rings is 1. The lowest BCUT2D eigenvalue weighted by atomic mass is 9.94. The van der Waals surface area contributed by atoms with Crippen molar-refractivity contribution in [2.24, 2.45) is 0 Å². The highest BCUT2D eigenvalue weighted by Crippen LogP contribution is 2.35. The topological polar surface area (TPSA) is 20.2 Å². The molecule has 0 saturated carbocycles. The molecular weight excluding hydrogens is 228 g/mol. The van der Waals surface area contributed by atoms with E-state index < -0.39 is 5.60 Å². The van der Waals surface area contributed by atoms with Gasteiger partial charge in [-0.1, -0.05) is 35.9 Å². The van der Waals surface area contributed by atoms with Gasteiger partial charge in [-0.05, 0) is 24.4 Å². The van der Waals surface area contributed by atoms with E-state index >= 15 is 0 Å². The Morgan fingerprint density at radius 1 is 1.20 bits per heavy atom. The molecule has 1 N–H and O–H groups in total. The molecule has 2 aromatic rings. The Hall–Kier alpha value is -0.830. The minimum absolute atomic E-state index is 0.593. The first-order valence-electron chi connectivity index (χ1n) is 4.64. The zero-order valence-corrected chi connectivity index (χ0v) is 9.85. The van der Waals surface area contributed by atoms with Gasteiger partial charge in [-0.2, -0.15) is 0 Å². The van der Waals surface area contributed by atoms with Gasteiger partial charge in [-0.15, -0.1) is 11.3 Å². The van der Waals surface area contributed by atoms with Gasteiger partial charge in [0.1, 0.15) is 5.60 Å². The second-order valence-corrected chi connectivity index (χ2v) is 4.88. The lowest BCUT2D eigenvalue weighted by Gasteiger charge is -2.23. The van der Waals surface area contributed by atoms with Gasteiger partial charge >= 0.3 is 0 Å². The Morgan fingerprint density at radius 2 is 1.93 bits per heavy atom. The van der Waals surface area contributed by atoms with Crippen LogP contribution in [0.3, 0.4) is 0 Å². The molecule has 1 nitrogen and oxygen atoms in total. The first kappa shape index (κ1) is 10.7. The summed E-state index contributed by atoms with van der Waals surface area (Å²) >= 11 is 7.60. The minimum Gasteiger partial charge on any atom is -0.380 e. The van der Waals surface area contributed by atoms with Crippen LogP contribution in [-0.2, 0) is 5.60 Å². The predicted octanol–water partition coefficient (Wildman–Crippen LogP) is 3.66. The third-order valence-corrected chi connectivity index (χ3v) is 3.81. The van der Waals surface area contributed by atoms with Crippen molar-refractivity contribution >= 4 is 22.9 Å². The summed E-state index contributed by atoms with van der Waals surface area (Å²) in [5, 5.41) is 13.0. The van der Waals surface area contributed by atoms with E-state index in [0.29, 0.717) is 5.02 Å². The smallest absolute Gasteiger partial charge is 0.122 e. The fourth-order valence-electron chi connectivity index (χ4n) is 1.54. The predicted molar refractivity (Wildman–Crippen MR) is 64.4 cm³/mol. The summed E-state index contributed by atoms with van der Waals surface area (Å²) in [6.07, 6.45) is 0. The van der Waals surface area contributed by atoms with Gasteiger partial charge in [0.25, 0.3) is 0 Å². The number of rotatable bonds is 2. The second kappa shape index (κ2) is 3.97. The molecule has 0 radical (unpaired) electrons. The average Bonchev–Trinajstić information content (AvgIpc) is 2.71. The van der Waals surface area contributed by atoms with E-state index in [4.69, 9.17) is 11.6 Å². The van der Waals surface area contributed by atoms with E-state index in [9.17, 15) is 5.11 Å². The summed E-state index contributed by atoms with van der Waals surface area (Å²) < 4.78 is 0. The Balaban J connectivity index is 2.51. The standard InChI is InChI=1S/C12H11ClOS/c1-12(14,11-7-4-8-15-11)9-5-2-3-6-10(9)13/h2-8,14H,1H3. The Bertz CT molecular complexity index is 448. The molecule has 0 aliphatic carbocycles. The molecule has 1 aromatic heterocycles. The summed E-state index contributed by atoms with van der Waals surface area (Å²) in [7, 11) is 0. The van der Waals surface area contributed by atoms with Gasteiger partial charge in [0.05, 0.1) is 0 Å². The van der Waals surface area contributed by atoms with E-state index in [1.807, 2.05) is 35.7 Å². The minimum atomic E-state index is -1.01. The van der Waals surface area contributed by atoms with Gasteiger partial charge < -0.3 is 5.11 Å². The van der Waals surface area contributed by atoms with Gasteiger partial charge in [0.2, 0.25) is 0 Å². The molecule has 1 heterocycles. The fraction of sp³-hybridized carbons (Fsp3) is 0.167. The van der Waals surface area contributed by atoms with Crippen LogP contribution in [0.25, 0.3) is 0 Å². The molecule has 0 aliphatic heterocycles. The van der Waals surface area contributed by atoms with Crippen molar-refractivity contribution in [1.29, 1.82) is 0 Å². The molecule has 1 atom stereocenters. The van der Waals surface area contributed by atoms with Crippen LogP contribution in [-0.4, -0.2) is 5.11 Å². The summed E-state index contributed by atoms with van der Waals surface area (Å²) in [4.78, 5) is 0.899. The summed E-state index contributed by atoms with van der Waals surface area (Å²) in [6, 6.07) is 11.2. The van der Waals surface area contributed by atoms with E-state index in [1.54, 1.807) is 13.0 Å². The molecule has 0 aliphatic rings. The molecule has 0 fully saturated rings. The maximum Gasteiger partial charge on any atom is 0.122 e. The highest BCUT2D eigenvalue weighted by atomic mass is 35.5. The van der Waals surface area contributed by atoms with E-state index in [1.165, 1.54) is 11.3 Å². The lowest BCUT2D eigenvalue weighted by molar-refractivity contribution is 0.106. The van der Waals surface area contributed by atoms with Crippen molar-refractivity contribution in [2.75, 3.05) is 0 Å². The van der Waals surface area contributed by atoms with Crippen LogP contribution in [0.5, 0.6) is 0 Å². The summed E-state index contributed by atoms with van der Waals surface area (Å²) in [6.45, 7) is 1.76. The van der Waals surface area contributed by atoms with Gasteiger partial charge in [-0.25, -0.2) is 0 Å². The molecular formula is C12H11ClOS. The maximum atomic E-state index is 10.5. The first-order valence-corrected chi connectivity index (χ1v) is 5.89. The molecule has 0 bridgehead atoms. The Labute approximate surface area is 98.0 Å². The molecule has 15 heavy (non-hydrogen) atoms. The van der Waals surface area contributed by atoms with E-state index in [2.05, 4.69) is 0 Å². The SMILES string of the molecule is CC(O)(c1cccs1)c1ccccc1Cl. The van der Waals surface area contributed by atoms with Crippen LogP contribution >= 0.6 is 22.9 Å². The van der Waals surface area contributed by atoms with Gasteiger partial charge in [0, 0.05) is 15.5 Å². The molecule has 0 spiro atoms. The number of hydrogen-bond donors (Lipinski definition) is 1. The Kier molecular flexibility index (Phi) is 2.83. The van der Waals surface area contributed by atoms with Crippen LogP contribution in [0, 0.1) is 0 Å². The highest BCUT2D eigenvalue weighted by Gasteiger charge is 2.28. The van der Waals surface area contributed by atoms with Crippen LogP contribution in [0.2, 0.25) is 5.02 Å². The normalized spacial score (nSPS) is 14.9. The summed E-state index contributed by atoms with van der Waals surface area (Å²) in [5.74, 6) is 0. The summed E-state index contributed by atoms with van der Waals surface area (Å²) in [5.41, 5.74) is -0.263. The van der Waals surface area contributed by atoms with E-state index in [-0.39, 0.29) is 0 Å². The van der Waals surface area contributed by atoms with Gasteiger partial charge in [0.15, 0.2) is 0 Å². The van der Waals surface area contributed by atoms with Crippen molar-refractivity contribution in [1.82, 2.24) is 0 Å². The van der Waals surface area contributed by atoms with Crippen LogP contribution in [0.1, 0.15) is 17.4 Å². The van der Waals surface area contributed by atoms with Crippen LogP contribution in [0.15, 0.2) is 41.8 Å². The van der Waals surface area contributed by atoms with Gasteiger partial charge in [-0.3, -0.25) is 0 Å². The fourth-order valence-corrected chi connectivity index (χ4v) is 2.66. The van der Waals surface area contributed by atoms with Crippen LogP contribution in [0.4, 0.5) is 0 Å².